The van der Waals surface area contributed by atoms with Crippen LogP contribution in [0.25, 0.3) is 0 Å². The molecule has 2 N–H and O–H groups in total. The van der Waals surface area contributed by atoms with Crippen molar-refractivity contribution in [1.29, 1.82) is 10.5 Å². The Morgan fingerprint density at radius 3 is 2.46 bits per heavy atom. The molecule has 0 aromatic carbocycles. The van der Waals surface area contributed by atoms with Crippen LogP contribution in [0.15, 0.2) is 11.1 Å². The Morgan fingerprint density at radius 1 is 1.38 bits per heavy atom. The van der Waals surface area contributed by atoms with E-state index in [4.69, 9.17) is 16.3 Å². The Kier molecular flexibility index (Phi) is 2.73. The topological polar surface area (TPSA) is 86.5 Å². The average Bonchev–Trinajstić information content (AvgIpc) is 2.17. The van der Waals surface area contributed by atoms with Crippen molar-refractivity contribution in [3.8, 4) is 12.1 Å². The van der Waals surface area contributed by atoms with Crippen molar-refractivity contribution in [3.63, 3.8) is 0 Å². The molecule has 0 amide bonds. The first-order chi connectivity index (χ1) is 6.22. The normalized spacial score (nSPS) is 8.85. The van der Waals surface area contributed by atoms with Crippen molar-refractivity contribution in [1.82, 2.24) is 4.98 Å². The lowest BCUT2D eigenvalue weighted by Crippen LogP contribution is -1.98. The third-order valence-electron chi connectivity index (χ3n) is 1.39. The smallest absolute Gasteiger partial charge is 0.142 e. The van der Waals surface area contributed by atoms with Gasteiger partial charge in [0.25, 0.3) is 0 Å². The SMILES string of the molecule is [CH2]Sc1nc(N)c(C#N)cc1C#N. The Morgan fingerprint density at radius 2 is 2.00 bits per heavy atom. The zero-order valence-corrected chi connectivity index (χ0v) is 7.43. The first kappa shape index (κ1) is 9.37. The molecular formula is C8H5N4S. The van der Waals surface area contributed by atoms with E-state index < -0.39 is 0 Å². The van der Waals surface area contributed by atoms with Crippen LogP contribution in [0.5, 0.6) is 0 Å². The highest BCUT2D eigenvalue weighted by molar-refractivity contribution is 8.00. The Labute approximate surface area is 80.0 Å². The van der Waals surface area contributed by atoms with E-state index in [0.717, 1.165) is 11.8 Å². The number of thioether (sulfide) groups is 1. The maximum atomic E-state index is 8.68. The molecule has 13 heavy (non-hydrogen) atoms. The van der Waals surface area contributed by atoms with Gasteiger partial charge in [0.15, 0.2) is 0 Å². The van der Waals surface area contributed by atoms with Crippen LogP contribution in [0.2, 0.25) is 0 Å². The molecule has 0 aliphatic carbocycles. The van der Waals surface area contributed by atoms with Crippen molar-refractivity contribution >= 4 is 17.6 Å². The van der Waals surface area contributed by atoms with E-state index >= 15 is 0 Å². The molecule has 0 atom stereocenters. The van der Waals surface area contributed by atoms with Crippen LogP contribution in [0.1, 0.15) is 11.1 Å². The number of pyridine rings is 1. The molecule has 0 bridgehead atoms. The third-order valence-corrected chi connectivity index (χ3v) is 1.98. The molecule has 5 heteroatoms. The molecule has 1 aromatic heterocycles. The van der Waals surface area contributed by atoms with Gasteiger partial charge in [0.2, 0.25) is 0 Å². The molecule has 1 radical (unpaired) electrons. The van der Waals surface area contributed by atoms with Crippen molar-refractivity contribution in [2.24, 2.45) is 0 Å². The maximum absolute atomic E-state index is 8.68. The number of nitriles is 2. The fourth-order valence-electron chi connectivity index (χ4n) is 0.790. The predicted octanol–water partition coefficient (Wildman–Crippen LogP) is 1.29. The number of hydrogen-bond donors (Lipinski definition) is 1. The monoisotopic (exact) mass is 189 g/mol. The number of anilines is 1. The maximum Gasteiger partial charge on any atom is 0.142 e. The van der Waals surface area contributed by atoms with Crippen molar-refractivity contribution in [3.05, 3.63) is 23.4 Å². The van der Waals surface area contributed by atoms with Crippen LogP contribution in [0.3, 0.4) is 0 Å². The number of aromatic nitrogens is 1. The van der Waals surface area contributed by atoms with Crippen LogP contribution < -0.4 is 5.73 Å². The minimum atomic E-state index is 0.132. The highest BCUT2D eigenvalue weighted by Gasteiger charge is 2.07. The van der Waals surface area contributed by atoms with Gasteiger partial charge >= 0.3 is 0 Å². The van der Waals surface area contributed by atoms with Gasteiger partial charge in [-0.15, -0.1) is 11.8 Å². The van der Waals surface area contributed by atoms with Crippen molar-refractivity contribution < 1.29 is 0 Å². The standard InChI is InChI=1S/C8H5N4S/c1-13-8-6(4-10)2-5(3-9)7(11)12-8/h2H,1H2,(H2,11,12). The van der Waals surface area contributed by atoms with E-state index in [2.05, 4.69) is 11.2 Å². The van der Waals surface area contributed by atoms with Gasteiger partial charge in [0.05, 0.1) is 11.1 Å². The van der Waals surface area contributed by atoms with Gasteiger partial charge in [-0.25, -0.2) is 4.98 Å². The molecule has 1 heterocycles. The summed E-state index contributed by atoms with van der Waals surface area (Å²) in [7, 11) is 0. The predicted molar refractivity (Wildman–Crippen MR) is 49.3 cm³/mol. The molecule has 1 aromatic rings. The Hall–Kier alpha value is -1.72. The first-order valence-electron chi connectivity index (χ1n) is 3.25. The van der Waals surface area contributed by atoms with Crippen LogP contribution in [0.4, 0.5) is 5.82 Å². The first-order valence-corrected chi connectivity index (χ1v) is 4.24. The molecule has 0 fully saturated rings. The molecule has 0 unspecified atom stereocenters. The third kappa shape index (κ3) is 1.71. The summed E-state index contributed by atoms with van der Waals surface area (Å²) in [5.41, 5.74) is 5.99. The lowest BCUT2D eigenvalue weighted by atomic mass is 10.2. The van der Waals surface area contributed by atoms with Gasteiger partial charge in [-0.05, 0) is 6.07 Å². The van der Waals surface area contributed by atoms with Gasteiger partial charge in [0.1, 0.15) is 23.0 Å². The lowest BCUT2D eigenvalue weighted by molar-refractivity contribution is 1.12. The summed E-state index contributed by atoms with van der Waals surface area (Å²) in [6.45, 7) is 0. The Balaban J connectivity index is 3.39. The van der Waals surface area contributed by atoms with E-state index in [0.29, 0.717) is 10.6 Å². The zero-order valence-electron chi connectivity index (χ0n) is 6.61. The van der Waals surface area contributed by atoms with Gasteiger partial charge in [0, 0.05) is 6.26 Å². The van der Waals surface area contributed by atoms with Crippen LogP contribution >= 0.6 is 11.8 Å². The number of rotatable bonds is 1. The fourth-order valence-corrected chi connectivity index (χ4v) is 1.21. The second kappa shape index (κ2) is 3.79. The minimum absolute atomic E-state index is 0.132. The summed E-state index contributed by atoms with van der Waals surface area (Å²) in [6.07, 6.45) is 3.53. The van der Waals surface area contributed by atoms with Gasteiger partial charge in [-0.3, -0.25) is 0 Å². The van der Waals surface area contributed by atoms with Crippen LogP contribution in [0, 0.1) is 28.9 Å². The highest BCUT2D eigenvalue weighted by atomic mass is 32.2. The summed E-state index contributed by atoms with van der Waals surface area (Å²) >= 11 is 1.08. The number of nitrogen functional groups attached to an aromatic ring is 1. The average molecular weight is 189 g/mol. The van der Waals surface area contributed by atoms with E-state index in [1.54, 1.807) is 0 Å². The zero-order chi connectivity index (χ0) is 9.84. The fraction of sp³-hybridized carbons (Fsp3) is 0. The number of nitrogens with two attached hydrogens (primary N) is 1. The van der Waals surface area contributed by atoms with Gasteiger partial charge in [-0.1, -0.05) is 0 Å². The highest BCUT2D eigenvalue weighted by Crippen LogP contribution is 2.22. The van der Waals surface area contributed by atoms with Crippen LogP contribution in [-0.2, 0) is 0 Å². The molecule has 0 aliphatic heterocycles. The number of hydrogen-bond acceptors (Lipinski definition) is 5. The van der Waals surface area contributed by atoms with Crippen LogP contribution in [-0.4, -0.2) is 4.98 Å². The van der Waals surface area contributed by atoms with Crippen molar-refractivity contribution in [2.75, 3.05) is 5.73 Å². The van der Waals surface area contributed by atoms with E-state index in [-0.39, 0.29) is 11.4 Å². The van der Waals surface area contributed by atoms with E-state index in [9.17, 15) is 0 Å². The molecule has 63 valence electrons. The quantitative estimate of drug-likeness (QED) is 0.672. The summed E-state index contributed by atoms with van der Waals surface area (Å²) in [6, 6.07) is 5.18. The largest absolute Gasteiger partial charge is 0.383 e. The second-order valence-electron chi connectivity index (χ2n) is 2.14. The van der Waals surface area contributed by atoms with Gasteiger partial charge < -0.3 is 5.73 Å². The number of nitrogens with zero attached hydrogens (tertiary/aromatic N) is 3. The van der Waals surface area contributed by atoms with E-state index in [1.807, 2.05) is 12.1 Å². The van der Waals surface area contributed by atoms with E-state index in [1.165, 1.54) is 6.07 Å². The molecular weight excluding hydrogens is 184 g/mol. The summed E-state index contributed by atoms with van der Waals surface area (Å²) in [5.74, 6) is 0.132. The molecule has 0 saturated carbocycles. The molecule has 0 spiro atoms. The summed E-state index contributed by atoms with van der Waals surface area (Å²) < 4.78 is 0. The Bertz CT molecular complexity index is 413. The van der Waals surface area contributed by atoms with Crippen molar-refractivity contribution in [2.45, 2.75) is 5.03 Å². The minimum Gasteiger partial charge on any atom is -0.383 e. The molecule has 0 saturated heterocycles. The summed E-state index contributed by atoms with van der Waals surface area (Å²) in [5, 5.41) is 17.7. The van der Waals surface area contributed by atoms with Gasteiger partial charge in [-0.2, -0.15) is 10.5 Å². The second-order valence-corrected chi connectivity index (χ2v) is 2.82. The lowest BCUT2D eigenvalue weighted by Gasteiger charge is -2.01. The summed E-state index contributed by atoms with van der Waals surface area (Å²) in [4.78, 5) is 3.87. The molecule has 0 aliphatic rings. The molecule has 1 rings (SSSR count). The molecule has 4 nitrogen and oxygen atoms in total.